The molecule has 0 radical (unpaired) electrons. The Balaban J connectivity index is 1.66. The van der Waals surface area contributed by atoms with E-state index in [2.05, 4.69) is 0 Å². The highest BCUT2D eigenvalue weighted by molar-refractivity contribution is 5.89. The van der Waals surface area contributed by atoms with E-state index in [4.69, 9.17) is 15.2 Å². The first-order chi connectivity index (χ1) is 8.75. The van der Waals surface area contributed by atoms with Gasteiger partial charge in [0.05, 0.1) is 18.3 Å². The highest BCUT2D eigenvalue weighted by Gasteiger charge is 2.15. The van der Waals surface area contributed by atoms with Crippen LogP contribution in [0.25, 0.3) is 0 Å². The molecule has 1 unspecified atom stereocenters. The summed E-state index contributed by atoms with van der Waals surface area (Å²) >= 11 is 0. The van der Waals surface area contributed by atoms with Gasteiger partial charge in [0.15, 0.2) is 0 Å². The van der Waals surface area contributed by atoms with Crippen LogP contribution in [0.2, 0.25) is 0 Å². The molecule has 2 rings (SSSR count). The molecule has 0 spiro atoms. The summed E-state index contributed by atoms with van der Waals surface area (Å²) in [6.45, 7) is 1.32. The average Bonchev–Trinajstić information content (AvgIpc) is 2.88. The fraction of sp³-hybridized carbons (Fsp3) is 0.500. The molecular formula is C14H19NO3. The number of anilines is 1. The van der Waals surface area contributed by atoms with Crippen LogP contribution in [0, 0.1) is 0 Å². The standard InChI is InChI=1S/C14H19NO3/c15-12-7-5-11(6-8-12)14(16)18-10-2-4-13-3-1-9-17-13/h5-8,13H,1-4,9-10,15H2. The average molecular weight is 249 g/mol. The van der Waals surface area contributed by atoms with E-state index < -0.39 is 0 Å². The second kappa shape index (κ2) is 6.40. The second-order valence-electron chi connectivity index (χ2n) is 4.54. The molecule has 1 fully saturated rings. The Morgan fingerprint density at radius 2 is 2.17 bits per heavy atom. The van der Waals surface area contributed by atoms with Crippen molar-refractivity contribution in [2.45, 2.75) is 31.8 Å². The molecule has 1 heterocycles. The molecule has 1 aliphatic rings. The number of benzene rings is 1. The first-order valence-corrected chi connectivity index (χ1v) is 6.40. The number of rotatable bonds is 5. The van der Waals surface area contributed by atoms with E-state index in [-0.39, 0.29) is 5.97 Å². The normalized spacial score (nSPS) is 18.8. The van der Waals surface area contributed by atoms with Gasteiger partial charge in [-0.3, -0.25) is 0 Å². The molecule has 1 aromatic carbocycles. The number of carbonyl (C=O) groups is 1. The maximum absolute atomic E-state index is 11.7. The lowest BCUT2D eigenvalue weighted by molar-refractivity contribution is 0.0461. The molecule has 4 nitrogen and oxygen atoms in total. The van der Waals surface area contributed by atoms with E-state index in [1.165, 1.54) is 0 Å². The molecule has 2 N–H and O–H groups in total. The topological polar surface area (TPSA) is 61.6 Å². The lowest BCUT2D eigenvalue weighted by atomic mass is 10.1. The van der Waals surface area contributed by atoms with E-state index in [0.29, 0.717) is 24.0 Å². The smallest absolute Gasteiger partial charge is 0.338 e. The molecular weight excluding hydrogens is 230 g/mol. The predicted octanol–water partition coefficient (Wildman–Crippen LogP) is 2.38. The van der Waals surface area contributed by atoms with Gasteiger partial charge in [-0.05, 0) is 49.9 Å². The summed E-state index contributed by atoms with van der Waals surface area (Å²) in [6.07, 6.45) is 4.46. The predicted molar refractivity (Wildman–Crippen MR) is 69.3 cm³/mol. The molecule has 0 amide bonds. The van der Waals surface area contributed by atoms with E-state index in [0.717, 1.165) is 32.3 Å². The van der Waals surface area contributed by atoms with Crippen LogP contribution in [0.1, 0.15) is 36.0 Å². The summed E-state index contributed by atoms with van der Waals surface area (Å²) < 4.78 is 10.7. The Kier molecular flexibility index (Phi) is 4.59. The minimum atomic E-state index is -0.289. The van der Waals surface area contributed by atoms with Gasteiger partial charge >= 0.3 is 5.97 Å². The second-order valence-corrected chi connectivity index (χ2v) is 4.54. The van der Waals surface area contributed by atoms with E-state index in [9.17, 15) is 4.79 Å². The zero-order chi connectivity index (χ0) is 12.8. The Morgan fingerprint density at radius 3 is 2.83 bits per heavy atom. The summed E-state index contributed by atoms with van der Waals surface area (Å²) in [5.74, 6) is -0.289. The van der Waals surface area contributed by atoms with Crippen molar-refractivity contribution in [3.63, 3.8) is 0 Å². The maximum atomic E-state index is 11.7. The fourth-order valence-corrected chi connectivity index (χ4v) is 2.05. The maximum Gasteiger partial charge on any atom is 0.338 e. The van der Waals surface area contributed by atoms with Gasteiger partial charge in [0.2, 0.25) is 0 Å². The van der Waals surface area contributed by atoms with Crippen LogP contribution in [0.5, 0.6) is 0 Å². The van der Waals surface area contributed by atoms with Crippen molar-refractivity contribution in [3.8, 4) is 0 Å². The molecule has 1 atom stereocenters. The highest BCUT2D eigenvalue weighted by atomic mass is 16.5. The zero-order valence-electron chi connectivity index (χ0n) is 10.4. The van der Waals surface area contributed by atoms with Crippen LogP contribution in [0.15, 0.2) is 24.3 Å². The largest absolute Gasteiger partial charge is 0.462 e. The quantitative estimate of drug-likeness (QED) is 0.494. The number of hydrogen-bond donors (Lipinski definition) is 1. The van der Waals surface area contributed by atoms with Crippen LogP contribution >= 0.6 is 0 Å². The molecule has 98 valence electrons. The number of nitrogens with two attached hydrogens (primary N) is 1. The van der Waals surface area contributed by atoms with Crippen molar-refractivity contribution in [3.05, 3.63) is 29.8 Å². The first-order valence-electron chi connectivity index (χ1n) is 6.40. The van der Waals surface area contributed by atoms with E-state index in [1.54, 1.807) is 24.3 Å². The Morgan fingerprint density at radius 1 is 1.39 bits per heavy atom. The summed E-state index contributed by atoms with van der Waals surface area (Å²) in [4.78, 5) is 11.7. The molecule has 0 saturated carbocycles. The van der Waals surface area contributed by atoms with Gasteiger partial charge in [0.25, 0.3) is 0 Å². The third-order valence-corrected chi connectivity index (χ3v) is 3.07. The number of esters is 1. The Labute approximate surface area is 107 Å². The van der Waals surface area contributed by atoms with Crippen molar-refractivity contribution in [1.82, 2.24) is 0 Å². The summed E-state index contributed by atoms with van der Waals surface area (Å²) in [5.41, 5.74) is 6.74. The van der Waals surface area contributed by atoms with Gasteiger partial charge in [0.1, 0.15) is 0 Å². The lowest BCUT2D eigenvalue weighted by Gasteiger charge is -2.09. The SMILES string of the molecule is Nc1ccc(C(=O)OCCCC2CCCO2)cc1. The first kappa shape index (κ1) is 12.9. The van der Waals surface area contributed by atoms with Gasteiger partial charge in [-0.2, -0.15) is 0 Å². The molecule has 1 saturated heterocycles. The number of nitrogen functional groups attached to an aromatic ring is 1. The molecule has 4 heteroatoms. The van der Waals surface area contributed by atoms with Gasteiger partial charge in [-0.25, -0.2) is 4.79 Å². The Bertz CT molecular complexity index is 383. The monoisotopic (exact) mass is 249 g/mol. The van der Waals surface area contributed by atoms with Crippen LogP contribution < -0.4 is 5.73 Å². The molecule has 18 heavy (non-hydrogen) atoms. The third kappa shape index (κ3) is 3.74. The van der Waals surface area contributed by atoms with E-state index >= 15 is 0 Å². The molecule has 0 aromatic heterocycles. The minimum Gasteiger partial charge on any atom is -0.462 e. The van der Waals surface area contributed by atoms with Crippen molar-refractivity contribution >= 4 is 11.7 Å². The molecule has 0 aliphatic carbocycles. The highest BCUT2D eigenvalue weighted by Crippen LogP contribution is 2.16. The van der Waals surface area contributed by atoms with Gasteiger partial charge in [-0.15, -0.1) is 0 Å². The molecule has 0 bridgehead atoms. The van der Waals surface area contributed by atoms with Crippen LogP contribution in [0.4, 0.5) is 5.69 Å². The van der Waals surface area contributed by atoms with Crippen molar-refractivity contribution in [2.75, 3.05) is 18.9 Å². The summed E-state index contributed by atoms with van der Waals surface area (Å²) in [7, 11) is 0. The summed E-state index contributed by atoms with van der Waals surface area (Å²) in [5, 5.41) is 0. The molecule has 1 aliphatic heterocycles. The lowest BCUT2D eigenvalue weighted by Crippen LogP contribution is -2.10. The van der Waals surface area contributed by atoms with Crippen molar-refractivity contribution in [1.29, 1.82) is 0 Å². The van der Waals surface area contributed by atoms with Gasteiger partial charge in [0, 0.05) is 12.3 Å². The van der Waals surface area contributed by atoms with Crippen molar-refractivity contribution in [2.24, 2.45) is 0 Å². The van der Waals surface area contributed by atoms with Crippen LogP contribution in [0.3, 0.4) is 0 Å². The summed E-state index contributed by atoms with van der Waals surface area (Å²) in [6, 6.07) is 6.75. The number of ether oxygens (including phenoxy) is 2. The van der Waals surface area contributed by atoms with Crippen LogP contribution in [-0.2, 0) is 9.47 Å². The minimum absolute atomic E-state index is 0.289. The number of carbonyl (C=O) groups excluding carboxylic acids is 1. The Hall–Kier alpha value is -1.55. The van der Waals surface area contributed by atoms with Crippen LogP contribution in [-0.4, -0.2) is 25.3 Å². The molecule has 1 aromatic rings. The zero-order valence-corrected chi connectivity index (χ0v) is 10.4. The number of hydrogen-bond acceptors (Lipinski definition) is 4. The van der Waals surface area contributed by atoms with Crippen molar-refractivity contribution < 1.29 is 14.3 Å². The fourth-order valence-electron chi connectivity index (χ4n) is 2.05. The van der Waals surface area contributed by atoms with Gasteiger partial charge < -0.3 is 15.2 Å². The van der Waals surface area contributed by atoms with Gasteiger partial charge in [-0.1, -0.05) is 0 Å². The van der Waals surface area contributed by atoms with E-state index in [1.807, 2.05) is 0 Å². The third-order valence-electron chi connectivity index (χ3n) is 3.07.